The van der Waals surface area contributed by atoms with Crippen molar-refractivity contribution >= 4 is 11.4 Å². The Bertz CT molecular complexity index is 689. The second kappa shape index (κ2) is 5.22. The SMILES string of the molecule is N#Cc1ccc(NCc2cccc3c2NCC3)c(F)c1. The first-order chi connectivity index (χ1) is 9.78. The molecule has 3 rings (SSSR count). The molecule has 2 aromatic rings. The molecule has 0 radical (unpaired) electrons. The van der Waals surface area contributed by atoms with Gasteiger partial charge in [0, 0.05) is 18.8 Å². The zero-order valence-corrected chi connectivity index (χ0v) is 10.9. The minimum atomic E-state index is -0.399. The Labute approximate surface area is 117 Å². The Morgan fingerprint density at radius 1 is 1.30 bits per heavy atom. The second-order valence-corrected chi connectivity index (χ2v) is 4.79. The molecule has 0 atom stereocenters. The quantitative estimate of drug-likeness (QED) is 0.897. The van der Waals surface area contributed by atoms with E-state index in [1.165, 1.54) is 11.6 Å². The fourth-order valence-corrected chi connectivity index (χ4v) is 2.48. The first-order valence-electron chi connectivity index (χ1n) is 6.56. The number of hydrogen-bond acceptors (Lipinski definition) is 3. The van der Waals surface area contributed by atoms with E-state index < -0.39 is 5.82 Å². The second-order valence-electron chi connectivity index (χ2n) is 4.79. The lowest BCUT2D eigenvalue weighted by molar-refractivity contribution is 0.629. The summed E-state index contributed by atoms with van der Waals surface area (Å²) in [6.45, 7) is 1.51. The van der Waals surface area contributed by atoms with Crippen molar-refractivity contribution in [3.63, 3.8) is 0 Å². The minimum Gasteiger partial charge on any atom is -0.384 e. The van der Waals surface area contributed by atoms with Crippen LogP contribution < -0.4 is 10.6 Å². The summed E-state index contributed by atoms with van der Waals surface area (Å²) in [4.78, 5) is 0. The standard InChI is InChI=1S/C16H14FN3/c17-14-8-11(9-18)4-5-15(14)20-10-13-3-1-2-12-6-7-19-16(12)13/h1-5,8,19-20H,6-7,10H2. The van der Waals surface area contributed by atoms with E-state index in [0.717, 1.165) is 24.2 Å². The Morgan fingerprint density at radius 2 is 2.20 bits per heavy atom. The zero-order valence-electron chi connectivity index (χ0n) is 10.9. The van der Waals surface area contributed by atoms with E-state index in [9.17, 15) is 4.39 Å². The number of anilines is 2. The van der Waals surface area contributed by atoms with Gasteiger partial charge in [0.25, 0.3) is 0 Å². The maximum absolute atomic E-state index is 13.8. The van der Waals surface area contributed by atoms with Crippen molar-refractivity contribution in [2.45, 2.75) is 13.0 Å². The maximum Gasteiger partial charge on any atom is 0.147 e. The van der Waals surface area contributed by atoms with Crippen molar-refractivity contribution in [1.82, 2.24) is 0 Å². The van der Waals surface area contributed by atoms with Crippen molar-refractivity contribution in [3.05, 3.63) is 58.9 Å². The highest BCUT2D eigenvalue weighted by Crippen LogP contribution is 2.27. The van der Waals surface area contributed by atoms with E-state index in [1.807, 2.05) is 18.2 Å². The van der Waals surface area contributed by atoms with Crippen molar-refractivity contribution in [2.24, 2.45) is 0 Å². The van der Waals surface area contributed by atoms with E-state index in [1.54, 1.807) is 12.1 Å². The molecule has 0 spiro atoms. The van der Waals surface area contributed by atoms with Gasteiger partial charge in [-0.3, -0.25) is 0 Å². The smallest absolute Gasteiger partial charge is 0.147 e. The minimum absolute atomic E-state index is 0.329. The largest absolute Gasteiger partial charge is 0.384 e. The van der Waals surface area contributed by atoms with Crippen LogP contribution in [0, 0.1) is 17.1 Å². The molecule has 0 unspecified atom stereocenters. The summed E-state index contributed by atoms with van der Waals surface area (Å²) >= 11 is 0. The number of nitrogens with one attached hydrogen (secondary N) is 2. The maximum atomic E-state index is 13.8. The molecule has 20 heavy (non-hydrogen) atoms. The van der Waals surface area contributed by atoms with Gasteiger partial charge in [-0.2, -0.15) is 5.26 Å². The molecular formula is C16H14FN3. The summed E-state index contributed by atoms with van der Waals surface area (Å²) in [5.74, 6) is -0.399. The molecule has 1 aliphatic rings. The molecule has 0 saturated heterocycles. The van der Waals surface area contributed by atoms with Crippen LogP contribution in [0.15, 0.2) is 36.4 Å². The lowest BCUT2D eigenvalue weighted by Gasteiger charge is -2.11. The van der Waals surface area contributed by atoms with Crippen LogP contribution in [0.25, 0.3) is 0 Å². The third-order valence-electron chi connectivity index (χ3n) is 3.50. The molecule has 100 valence electrons. The average Bonchev–Trinajstić information content (AvgIpc) is 2.95. The monoisotopic (exact) mass is 267 g/mol. The summed E-state index contributed by atoms with van der Waals surface area (Å²) in [6, 6.07) is 12.6. The van der Waals surface area contributed by atoms with Gasteiger partial charge >= 0.3 is 0 Å². The van der Waals surface area contributed by atoms with Gasteiger partial charge in [0.2, 0.25) is 0 Å². The molecular weight excluding hydrogens is 253 g/mol. The number of nitrogens with zero attached hydrogens (tertiary/aromatic N) is 1. The van der Waals surface area contributed by atoms with Crippen molar-refractivity contribution in [3.8, 4) is 6.07 Å². The van der Waals surface area contributed by atoms with Gasteiger partial charge < -0.3 is 10.6 Å². The van der Waals surface area contributed by atoms with Gasteiger partial charge in [-0.25, -0.2) is 4.39 Å². The fourth-order valence-electron chi connectivity index (χ4n) is 2.48. The van der Waals surface area contributed by atoms with Gasteiger partial charge in [0.05, 0.1) is 17.3 Å². The topological polar surface area (TPSA) is 47.9 Å². The van der Waals surface area contributed by atoms with E-state index in [-0.39, 0.29) is 0 Å². The first kappa shape index (κ1) is 12.5. The van der Waals surface area contributed by atoms with E-state index >= 15 is 0 Å². The van der Waals surface area contributed by atoms with Crippen molar-refractivity contribution < 1.29 is 4.39 Å². The van der Waals surface area contributed by atoms with Gasteiger partial charge in [0.15, 0.2) is 0 Å². The summed E-state index contributed by atoms with van der Waals surface area (Å²) in [5.41, 5.74) is 4.34. The van der Waals surface area contributed by atoms with E-state index in [2.05, 4.69) is 16.7 Å². The van der Waals surface area contributed by atoms with E-state index in [4.69, 9.17) is 5.26 Å². The molecule has 0 bridgehead atoms. The molecule has 2 N–H and O–H groups in total. The lowest BCUT2D eigenvalue weighted by atomic mass is 10.1. The first-order valence-corrected chi connectivity index (χ1v) is 6.56. The van der Waals surface area contributed by atoms with Crippen molar-refractivity contribution in [1.29, 1.82) is 5.26 Å². The third-order valence-corrected chi connectivity index (χ3v) is 3.50. The zero-order chi connectivity index (χ0) is 13.9. The van der Waals surface area contributed by atoms with Crippen molar-refractivity contribution in [2.75, 3.05) is 17.2 Å². The Hall–Kier alpha value is -2.54. The van der Waals surface area contributed by atoms with Gasteiger partial charge in [0.1, 0.15) is 5.82 Å². The highest BCUT2D eigenvalue weighted by molar-refractivity contribution is 5.62. The number of hydrogen-bond donors (Lipinski definition) is 2. The summed E-state index contributed by atoms with van der Waals surface area (Å²) in [5, 5.41) is 15.2. The molecule has 3 nitrogen and oxygen atoms in total. The lowest BCUT2D eigenvalue weighted by Crippen LogP contribution is -2.04. The number of fused-ring (bicyclic) bond motifs is 1. The molecule has 0 fully saturated rings. The van der Waals surface area contributed by atoms with Crippen LogP contribution in [0.1, 0.15) is 16.7 Å². The summed E-state index contributed by atoms with van der Waals surface area (Å²) in [6.07, 6.45) is 1.04. The Morgan fingerprint density at radius 3 is 3.00 bits per heavy atom. The van der Waals surface area contributed by atoms with Gasteiger partial charge in [-0.1, -0.05) is 18.2 Å². The molecule has 0 aromatic heterocycles. The predicted octanol–water partition coefficient (Wildman–Crippen LogP) is 3.28. The van der Waals surface area contributed by atoms with E-state index in [0.29, 0.717) is 17.8 Å². The number of para-hydroxylation sites is 1. The van der Waals surface area contributed by atoms with Crippen LogP contribution in [-0.4, -0.2) is 6.54 Å². The van der Waals surface area contributed by atoms with Crippen LogP contribution in [-0.2, 0) is 13.0 Å². The molecule has 4 heteroatoms. The molecule has 0 amide bonds. The molecule has 0 aliphatic carbocycles. The number of halogens is 1. The fraction of sp³-hybridized carbons (Fsp3) is 0.188. The average molecular weight is 267 g/mol. The molecule has 2 aromatic carbocycles. The Kier molecular flexibility index (Phi) is 3.26. The molecule has 1 aliphatic heterocycles. The number of benzene rings is 2. The van der Waals surface area contributed by atoms with Crippen LogP contribution >= 0.6 is 0 Å². The van der Waals surface area contributed by atoms with Crippen LogP contribution in [0.5, 0.6) is 0 Å². The number of nitriles is 1. The third kappa shape index (κ3) is 2.30. The van der Waals surface area contributed by atoms with Crippen LogP contribution in [0.2, 0.25) is 0 Å². The highest BCUT2D eigenvalue weighted by Gasteiger charge is 2.13. The Balaban J connectivity index is 1.78. The highest BCUT2D eigenvalue weighted by atomic mass is 19.1. The molecule has 1 heterocycles. The molecule has 0 saturated carbocycles. The van der Waals surface area contributed by atoms with Crippen LogP contribution in [0.3, 0.4) is 0 Å². The summed E-state index contributed by atoms with van der Waals surface area (Å²) < 4.78 is 13.8. The predicted molar refractivity (Wildman–Crippen MR) is 77.1 cm³/mol. The van der Waals surface area contributed by atoms with Crippen LogP contribution in [0.4, 0.5) is 15.8 Å². The van der Waals surface area contributed by atoms with Gasteiger partial charge in [-0.05, 0) is 35.7 Å². The van der Waals surface area contributed by atoms with Gasteiger partial charge in [-0.15, -0.1) is 0 Å². The summed E-state index contributed by atoms with van der Waals surface area (Å²) in [7, 11) is 0. The number of rotatable bonds is 3. The normalized spacial score (nSPS) is 12.4.